The summed E-state index contributed by atoms with van der Waals surface area (Å²) < 4.78 is 52.0. The maximum atomic E-state index is 13.8. The topological polar surface area (TPSA) is 101 Å². The van der Waals surface area contributed by atoms with Gasteiger partial charge in [0.25, 0.3) is 0 Å². The number of halogens is 4. The third-order valence-electron chi connectivity index (χ3n) is 5.65. The fraction of sp³-hybridized carbons (Fsp3) is 0.292. The first-order chi connectivity index (χ1) is 16.2. The van der Waals surface area contributed by atoms with Gasteiger partial charge in [0.2, 0.25) is 11.7 Å². The number of nitrogens with one attached hydrogen (secondary N) is 1. The summed E-state index contributed by atoms with van der Waals surface area (Å²) in [5.74, 6) is -0.146. The van der Waals surface area contributed by atoms with Crippen molar-refractivity contribution in [2.24, 2.45) is 5.73 Å². The molecule has 1 aliphatic rings. The second-order valence-electron chi connectivity index (χ2n) is 7.97. The standard InChI is InChI=1S/C24H24F3N5O2.ClH/c1-15-6-2-3-7-16(15)8-5-13-33-20-11-10-17(14-18(20)24(25,26)27)21-30-22(34-31-21)19-9-4-12-32(19)23(28)29;/h2-3,5-8,10-11,14,19H,4,9,12-13H2,1H3,(H3,28,29);1H/b8-5+;/t19-;/m0./s1. The van der Waals surface area contributed by atoms with Crippen LogP contribution in [-0.2, 0) is 6.18 Å². The predicted octanol–water partition coefficient (Wildman–Crippen LogP) is 5.61. The van der Waals surface area contributed by atoms with Crippen molar-refractivity contribution >= 4 is 24.4 Å². The molecule has 4 rings (SSSR count). The van der Waals surface area contributed by atoms with Crippen molar-refractivity contribution in [3.8, 4) is 17.1 Å². The zero-order chi connectivity index (χ0) is 24.3. The van der Waals surface area contributed by atoms with Crippen molar-refractivity contribution < 1.29 is 22.4 Å². The molecule has 2 aromatic carbocycles. The molecule has 0 aliphatic carbocycles. The molecule has 1 saturated heterocycles. The second kappa shape index (κ2) is 10.8. The lowest BCUT2D eigenvalue weighted by Crippen LogP contribution is -2.35. The van der Waals surface area contributed by atoms with Crippen LogP contribution in [0.1, 0.15) is 41.5 Å². The van der Waals surface area contributed by atoms with Gasteiger partial charge in [-0.1, -0.05) is 35.5 Å². The molecule has 2 heterocycles. The average molecular weight is 508 g/mol. The molecule has 1 aliphatic heterocycles. The van der Waals surface area contributed by atoms with E-state index in [1.807, 2.05) is 37.3 Å². The van der Waals surface area contributed by atoms with Crippen molar-refractivity contribution in [2.75, 3.05) is 13.2 Å². The summed E-state index contributed by atoms with van der Waals surface area (Å²) in [6.07, 6.45) is 0.312. The number of hydrogen-bond donors (Lipinski definition) is 2. The van der Waals surface area contributed by atoms with E-state index < -0.39 is 11.7 Å². The van der Waals surface area contributed by atoms with E-state index in [1.165, 1.54) is 12.1 Å². The van der Waals surface area contributed by atoms with Gasteiger partial charge >= 0.3 is 6.18 Å². The Kier molecular flexibility index (Phi) is 8.06. The molecule has 3 aromatic rings. The largest absolute Gasteiger partial charge is 0.489 e. The Hall–Kier alpha value is -3.53. The summed E-state index contributed by atoms with van der Waals surface area (Å²) in [5, 5.41) is 11.5. The van der Waals surface area contributed by atoms with Crippen LogP contribution in [0.25, 0.3) is 17.5 Å². The van der Waals surface area contributed by atoms with E-state index in [-0.39, 0.29) is 54.0 Å². The number of aromatic nitrogens is 2. The van der Waals surface area contributed by atoms with Gasteiger partial charge in [-0.2, -0.15) is 18.2 Å². The Morgan fingerprint density at radius 3 is 2.77 bits per heavy atom. The molecule has 7 nitrogen and oxygen atoms in total. The maximum absolute atomic E-state index is 13.8. The summed E-state index contributed by atoms with van der Waals surface area (Å²) in [4.78, 5) is 5.90. The molecule has 0 unspecified atom stereocenters. The highest BCUT2D eigenvalue weighted by Gasteiger charge is 2.36. The van der Waals surface area contributed by atoms with Crippen molar-refractivity contribution in [1.82, 2.24) is 15.0 Å². The number of benzene rings is 2. The molecule has 0 spiro atoms. The molecular formula is C24H25ClF3N5O2. The SMILES string of the molecule is Cc1ccccc1/C=C/COc1ccc(-c2noc([C@@H]3CCCN3C(=N)N)n2)cc1C(F)(F)F.Cl. The third-order valence-corrected chi connectivity index (χ3v) is 5.65. The number of alkyl halides is 3. The minimum atomic E-state index is -4.63. The van der Waals surface area contributed by atoms with E-state index in [9.17, 15) is 13.2 Å². The number of rotatable bonds is 6. The van der Waals surface area contributed by atoms with Gasteiger partial charge in [-0.3, -0.25) is 5.41 Å². The van der Waals surface area contributed by atoms with Gasteiger partial charge in [0.1, 0.15) is 18.4 Å². The van der Waals surface area contributed by atoms with Gasteiger partial charge in [0, 0.05) is 12.1 Å². The summed E-state index contributed by atoms with van der Waals surface area (Å²) in [6.45, 7) is 2.51. The first kappa shape index (κ1) is 26.1. The van der Waals surface area contributed by atoms with E-state index in [1.54, 1.807) is 11.0 Å². The minimum absolute atomic E-state index is 0. The molecule has 0 saturated carbocycles. The van der Waals surface area contributed by atoms with Crippen LogP contribution in [0.4, 0.5) is 13.2 Å². The highest BCUT2D eigenvalue weighted by molar-refractivity contribution is 5.85. The molecular weight excluding hydrogens is 483 g/mol. The van der Waals surface area contributed by atoms with Crippen LogP contribution < -0.4 is 10.5 Å². The predicted molar refractivity (Wildman–Crippen MR) is 128 cm³/mol. The molecule has 1 fully saturated rings. The van der Waals surface area contributed by atoms with Gasteiger partial charge in [0.15, 0.2) is 5.96 Å². The number of likely N-dealkylation sites (tertiary alicyclic amines) is 1. The molecule has 0 bridgehead atoms. The van der Waals surface area contributed by atoms with E-state index in [0.717, 1.165) is 23.6 Å². The fourth-order valence-corrected chi connectivity index (χ4v) is 3.90. The first-order valence-corrected chi connectivity index (χ1v) is 10.7. The number of hydrogen-bond acceptors (Lipinski definition) is 5. The van der Waals surface area contributed by atoms with Gasteiger partial charge in [-0.05, 0) is 55.2 Å². The van der Waals surface area contributed by atoms with Gasteiger partial charge < -0.3 is 19.9 Å². The quantitative estimate of drug-likeness (QED) is 0.332. The number of nitrogens with two attached hydrogens (primary N) is 1. The lowest BCUT2D eigenvalue weighted by molar-refractivity contribution is -0.138. The minimum Gasteiger partial charge on any atom is -0.489 e. The van der Waals surface area contributed by atoms with Gasteiger partial charge in [0.05, 0.1) is 5.56 Å². The Balaban J connectivity index is 0.00000342. The molecule has 1 atom stereocenters. The molecule has 0 radical (unpaired) electrons. The lowest BCUT2D eigenvalue weighted by atomic mass is 10.1. The Morgan fingerprint density at radius 2 is 2.06 bits per heavy atom. The third kappa shape index (κ3) is 5.94. The fourth-order valence-electron chi connectivity index (χ4n) is 3.90. The first-order valence-electron chi connectivity index (χ1n) is 10.7. The zero-order valence-corrected chi connectivity index (χ0v) is 19.7. The van der Waals surface area contributed by atoms with Crippen LogP contribution in [0.15, 0.2) is 53.1 Å². The summed E-state index contributed by atoms with van der Waals surface area (Å²) in [7, 11) is 0. The van der Waals surface area contributed by atoms with E-state index >= 15 is 0 Å². The lowest BCUT2D eigenvalue weighted by Gasteiger charge is -2.21. The molecule has 0 amide bonds. The van der Waals surface area contributed by atoms with E-state index in [4.69, 9.17) is 20.4 Å². The normalized spacial score (nSPS) is 15.9. The van der Waals surface area contributed by atoms with E-state index in [2.05, 4.69) is 10.1 Å². The number of nitrogens with zero attached hydrogens (tertiary/aromatic N) is 3. The molecule has 11 heteroatoms. The summed E-state index contributed by atoms with van der Waals surface area (Å²) in [5.41, 5.74) is 6.85. The zero-order valence-electron chi connectivity index (χ0n) is 18.9. The Bertz CT molecular complexity index is 1210. The summed E-state index contributed by atoms with van der Waals surface area (Å²) in [6, 6.07) is 11.0. The van der Waals surface area contributed by atoms with Crippen molar-refractivity contribution in [1.29, 1.82) is 5.41 Å². The van der Waals surface area contributed by atoms with Crippen molar-refractivity contribution in [2.45, 2.75) is 32.0 Å². The summed E-state index contributed by atoms with van der Waals surface area (Å²) >= 11 is 0. The highest BCUT2D eigenvalue weighted by atomic mass is 35.5. The number of aryl methyl sites for hydroxylation is 1. The molecule has 1 aromatic heterocycles. The van der Waals surface area contributed by atoms with Crippen molar-refractivity contribution in [3.05, 3.63) is 71.1 Å². The monoisotopic (exact) mass is 507 g/mol. The Morgan fingerprint density at radius 1 is 1.29 bits per heavy atom. The van der Waals surface area contributed by atoms with Gasteiger partial charge in [-0.25, -0.2) is 0 Å². The van der Waals surface area contributed by atoms with Crippen LogP contribution in [0.2, 0.25) is 0 Å². The Labute approximate surface area is 206 Å². The van der Waals surface area contributed by atoms with Crippen LogP contribution >= 0.6 is 12.4 Å². The van der Waals surface area contributed by atoms with Crippen molar-refractivity contribution in [3.63, 3.8) is 0 Å². The molecule has 186 valence electrons. The molecule has 35 heavy (non-hydrogen) atoms. The smallest absolute Gasteiger partial charge is 0.419 e. The van der Waals surface area contributed by atoms with Crippen LogP contribution in [0.3, 0.4) is 0 Å². The van der Waals surface area contributed by atoms with Crippen LogP contribution in [-0.4, -0.2) is 34.2 Å². The second-order valence-corrected chi connectivity index (χ2v) is 7.97. The van der Waals surface area contributed by atoms with E-state index in [0.29, 0.717) is 13.0 Å². The van der Waals surface area contributed by atoms with Crippen LogP contribution in [0, 0.1) is 12.3 Å². The van der Waals surface area contributed by atoms with Crippen LogP contribution in [0.5, 0.6) is 5.75 Å². The molecule has 3 N–H and O–H groups in total. The maximum Gasteiger partial charge on any atom is 0.419 e. The highest BCUT2D eigenvalue weighted by Crippen LogP contribution is 2.39. The number of ether oxygens (including phenoxy) is 1. The van der Waals surface area contributed by atoms with Gasteiger partial charge in [-0.15, -0.1) is 12.4 Å². The average Bonchev–Trinajstić information content (AvgIpc) is 3.47. The number of guanidine groups is 1.